The van der Waals surface area contributed by atoms with Crippen molar-refractivity contribution in [1.82, 2.24) is 10.2 Å². The average molecular weight is 304 g/mol. The van der Waals surface area contributed by atoms with Gasteiger partial charge in [-0.15, -0.1) is 0 Å². The summed E-state index contributed by atoms with van der Waals surface area (Å²) >= 11 is 0. The monoisotopic (exact) mass is 304 g/mol. The molecule has 2 rings (SSSR count). The van der Waals surface area contributed by atoms with E-state index in [0.717, 1.165) is 32.4 Å². The Bertz CT molecular complexity index is 482. The molecule has 0 aromatic heterocycles. The molecule has 1 saturated heterocycles. The van der Waals surface area contributed by atoms with E-state index >= 15 is 0 Å². The summed E-state index contributed by atoms with van der Waals surface area (Å²) in [5, 5.41) is 2.77. The predicted molar refractivity (Wildman–Crippen MR) is 84.5 cm³/mol. The number of hydrogen-bond donors (Lipinski definition) is 1. The Balaban J connectivity index is 1.68. The molecule has 120 valence electrons. The van der Waals surface area contributed by atoms with Gasteiger partial charge in [-0.25, -0.2) is 4.79 Å². The maximum Gasteiger partial charge on any atom is 0.317 e. The van der Waals surface area contributed by atoms with Crippen LogP contribution in [0.1, 0.15) is 24.8 Å². The zero-order valence-corrected chi connectivity index (χ0v) is 13.1. The number of nitrogens with one attached hydrogen (secondary N) is 1. The van der Waals surface area contributed by atoms with Crippen molar-refractivity contribution in [2.75, 3.05) is 26.7 Å². The zero-order valence-electron chi connectivity index (χ0n) is 13.1. The van der Waals surface area contributed by atoms with Crippen LogP contribution in [0.15, 0.2) is 30.3 Å². The van der Waals surface area contributed by atoms with E-state index in [-0.39, 0.29) is 18.4 Å². The lowest BCUT2D eigenvalue weighted by molar-refractivity contribution is -0.140. The highest BCUT2D eigenvalue weighted by molar-refractivity contribution is 5.75. The molecule has 1 aliphatic heterocycles. The molecule has 2 amide bonds. The third-order valence-corrected chi connectivity index (χ3v) is 4.10. The van der Waals surface area contributed by atoms with Gasteiger partial charge in [-0.05, 0) is 30.7 Å². The third kappa shape index (κ3) is 5.06. The molecular formula is C17H24N2O3. The number of likely N-dealkylation sites (tertiary alicyclic amines) is 1. The molecule has 0 bridgehead atoms. The van der Waals surface area contributed by atoms with Crippen molar-refractivity contribution in [2.45, 2.75) is 25.7 Å². The number of methoxy groups -OCH3 is 1. The quantitative estimate of drug-likeness (QED) is 0.849. The number of piperidine rings is 1. The number of hydrogen-bond acceptors (Lipinski definition) is 3. The number of carbonyl (C=O) groups is 2. The van der Waals surface area contributed by atoms with E-state index in [4.69, 9.17) is 0 Å². The van der Waals surface area contributed by atoms with Gasteiger partial charge in [0.2, 0.25) is 0 Å². The highest BCUT2D eigenvalue weighted by Crippen LogP contribution is 2.21. The fourth-order valence-electron chi connectivity index (χ4n) is 2.77. The largest absolute Gasteiger partial charge is 0.469 e. The van der Waals surface area contributed by atoms with Crippen LogP contribution in [0.25, 0.3) is 0 Å². The van der Waals surface area contributed by atoms with Crippen LogP contribution in [0, 0.1) is 5.92 Å². The smallest absolute Gasteiger partial charge is 0.317 e. The number of benzene rings is 1. The Kier molecular flexibility index (Phi) is 6.25. The van der Waals surface area contributed by atoms with Crippen LogP contribution in [-0.4, -0.2) is 43.6 Å². The molecule has 5 nitrogen and oxygen atoms in total. The molecule has 5 heteroatoms. The Morgan fingerprint density at radius 3 is 2.55 bits per heavy atom. The lowest BCUT2D eigenvalue weighted by Crippen LogP contribution is -2.45. The molecule has 1 heterocycles. The van der Waals surface area contributed by atoms with Crippen LogP contribution in [0.2, 0.25) is 0 Å². The molecule has 0 radical (unpaired) electrons. The van der Waals surface area contributed by atoms with Crippen molar-refractivity contribution in [2.24, 2.45) is 5.92 Å². The molecule has 0 atom stereocenters. The summed E-state index contributed by atoms with van der Waals surface area (Å²) in [6.45, 7) is 1.89. The van der Waals surface area contributed by atoms with E-state index in [1.807, 2.05) is 11.0 Å². The molecule has 0 saturated carbocycles. The lowest BCUT2D eigenvalue weighted by atomic mass is 9.90. The SMILES string of the molecule is COC(=O)CCNC(=O)N1CCC(Cc2ccccc2)CC1. The van der Waals surface area contributed by atoms with Crippen LogP contribution in [0.3, 0.4) is 0 Å². The van der Waals surface area contributed by atoms with E-state index in [9.17, 15) is 9.59 Å². The number of nitrogens with zero attached hydrogens (tertiary/aromatic N) is 1. The Labute approximate surface area is 131 Å². The summed E-state index contributed by atoms with van der Waals surface area (Å²) in [7, 11) is 1.35. The molecular weight excluding hydrogens is 280 g/mol. The van der Waals surface area contributed by atoms with Crippen molar-refractivity contribution in [3.63, 3.8) is 0 Å². The molecule has 1 aliphatic rings. The van der Waals surface area contributed by atoms with Gasteiger partial charge in [0.15, 0.2) is 0 Å². The highest BCUT2D eigenvalue weighted by atomic mass is 16.5. The van der Waals surface area contributed by atoms with E-state index in [1.165, 1.54) is 12.7 Å². The van der Waals surface area contributed by atoms with Gasteiger partial charge in [0, 0.05) is 19.6 Å². The first kappa shape index (κ1) is 16.3. The van der Waals surface area contributed by atoms with Gasteiger partial charge in [-0.2, -0.15) is 0 Å². The maximum absolute atomic E-state index is 12.0. The fourth-order valence-corrected chi connectivity index (χ4v) is 2.77. The minimum atomic E-state index is -0.304. The van der Waals surface area contributed by atoms with E-state index < -0.39 is 0 Å². The van der Waals surface area contributed by atoms with Gasteiger partial charge in [0.1, 0.15) is 0 Å². The van der Waals surface area contributed by atoms with Gasteiger partial charge < -0.3 is 15.0 Å². The molecule has 1 aromatic rings. The van der Waals surface area contributed by atoms with Gasteiger partial charge in [0.25, 0.3) is 0 Å². The molecule has 1 fully saturated rings. The Morgan fingerprint density at radius 2 is 1.91 bits per heavy atom. The topological polar surface area (TPSA) is 58.6 Å². The van der Waals surface area contributed by atoms with Crippen molar-refractivity contribution in [1.29, 1.82) is 0 Å². The molecule has 22 heavy (non-hydrogen) atoms. The van der Waals surface area contributed by atoms with Crippen molar-refractivity contribution >= 4 is 12.0 Å². The van der Waals surface area contributed by atoms with Crippen LogP contribution >= 0.6 is 0 Å². The number of urea groups is 1. The van der Waals surface area contributed by atoms with Crippen LogP contribution in [0.4, 0.5) is 4.79 Å². The van der Waals surface area contributed by atoms with Gasteiger partial charge >= 0.3 is 12.0 Å². The van der Waals surface area contributed by atoms with E-state index in [1.54, 1.807) is 0 Å². The first-order valence-electron chi connectivity index (χ1n) is 7.82. The normalized spacial score (nSPS) is 15.4. The molecule has 1 aromatic carbocycles. The van der Waals surface area contributed by atoms with Crippen molar-refractivity contribution in [3.05, 3.63) is 35.9 Å². The second kappa shape index (κ2) is 8.41. The summed E-state index contributed by atoms with van der Waals surface area (Å²) in [4.78, 5) is 24.8. The second-order valence-electron chi connectivity index (χ2n) is 5.68. The number of carbonyl (C=O) groups excluding carboxylic acids is 2. The van der Waals surface area contributed by atoms with Gasteiger partial charge in [-0.3, -0.25) is 4.79 Å². The summed E-state index contributed by atoms with van der Waals surface area (Å²) < 4.78 is 4.54. The summed E-state index contributed by atoms with van der Waals surface area (Å²) in [6, 6.07) is 10.4. The first-order chi connectivity index (χ1) is 10.7. The zero-order chi connectivity index (χ0) is 15.8. The minimum absolute atomic E-state index is 0.0814. The molecule has 0 aliphatic carbocycles. The van der Waals surface area contributed by atoms with E-state index in [2.05, 4.69) is 34.3 Å². The highest BCUT2D eigenvalue weighted by Gasteiger charge is 2.22. The number of rotatable bonds is 5. The summed E-state index contributed by atoms with van der Waals surface area (Å²) in [5.41, 5.74) is 1.36. The minimum Gasteiger partial charge on any atom is -0.469 e. The van der Waals surface area contributed by atoms with Crippen molar-refractivity contribution in [3.8, 4) is 0 Å². The third-order valence-electron chi connectivity index (χ3n) is 4.10. The number of ether oxygens (including phenoxy) is 1. The van der Waals surface area contributed by atoms with Crippen molar-refractivity contribution < 1.29 is 14.3 Å². The molecule has 0 spiro atoms. The fraction of sp³-hybridized carbons (Fsp3) is 0.529. The molecule has 0 unspecified atom stereocenters. The van der Waals surface area contributed by atoms with Crippen LogP contribution < -0.4 is 5.32 Å². The van der Waals surface area contributed by atoms with Crippen LogP contribution in [-0.2, 0) is 16.0 Å². The Hall–Kier alpha value is -2.04. The standard InChI is InChI=1S/C17H24N2O3/c1-22-16(20)7-10-18-17(21)19-11-8-15(9-12-19)13-14-5-3-2-4-6-14/h2-6,15H,7-13H2,1H3,(H,18,21). The summed E-state index contributed by atoms with van der Waals surface area (Å²) in [5.74, 6) is 0.336. The van der Waals surface area contributed by atoms with Gasteiger partial charge in [-0.1, -0.05) is 30.3 Å². The average Bonchev–Trinajstić information content (AvgIpc) is 2.56. The number of amides is 2. The second-order valence-corrected chi connectivity index (χ2v) is 5.68. The summed E-state index contributed by atoms with van der Waals surface area (Å²) in [6.07, 6.45) is 3.35. The van der Waals surface area contributed by atoms with E-state index in [0.29, 0.717) is 12.5 Å². The maximum atomic E-state index is 12.0. The number of esters is 1. The first-order valence-corrected chi connectivity index (χ1v) is 7.82. The Morgan fingerprint density at radius 1 is 1.23 bits per heavy atom. The lowest BCUT2D eigenvalue weighted by Gasteiger charge is -2.32. The predicted octanol–water partition coefficient (Wildman–Crippen LogP) is 2.21. The van der Waals surface area contributed by atoms with Crippen LogP contribution in [0.5, 0.6) is 0 Å². The van der Waals surface area contributed by atoms with Gasteiger partial charge in [0.05, 0.1) is 13.5 Å². The molecule has 1 N–H and O–H groups in total.